The normalized spacial score (nSPS) is 10.1. The molecule has 23 heavy (non-hydrogen) atoms. The first-order valence-corrected chi connectivity index (χ1v) is 6.86. The molecule has 0 saturated carbocycles. The number of nitrogens with zero attached hydrogens (tertiary/aromatic N) is 1. The van der Waals surface area contributed by atoms with Crippen LogP contribution in [0.4, 0.5) is 5.69 Å². The van der Waals surface area contributed by atoms with E-state index in [4.69, 9.17) is 10.2 Å². The molecule has 2 amide bonds. The van der Waals surface area contributed by atoms with Gasteiger partial charge in [-0.3, -0.25) is 9.59 Å². The van der Waals surface area contributed by atoms with Crippen LogP contribution in [0.15, 0.2) is 34.9 Å². The Balaban J connectivity index is 0.00000264. The summed E-state index contributed by atoms with van der Waals surface area (Å²) < 4.78 is 5.01. The Hall–Kier alpha value is -2.38. The fourth-order valence-corrected chi connectivity index (χ4v) is 1.75. The van der Waals surface area contributed by atoms with Gasteiger partial charge in [0.2, 0.25) is 5.89 Å². The Kier molecular flexibility index (Phi) is 6.74. The second-order valence-corrected chi connectivity index (χ2v) is 4.99. The number of hydrogen-bond donors (Lipinski definition) is 3. The van der Waals surface area contributed by atoms with Crippen LogP contribution in [0, 0.1) is 0 Å². The van der Waals surface area contributed by atoms with Crippen molar-refractivity contribution in [1.82, 2.24) is 10.3 Å². The molecule has 0 bridgehead atoms. The first-order chi connectivity index (χ1) is 10.5. The highest BCUT2D eigenvalue weighted by atomic mass is 35.5. The van der Waals surface area contributed by atoms with Crippen molar-refractivity contribution >= 4 is 29.9 Å². The van der Waals surface area contributed by atoms with E-state index in [-0.39, 0.29) is 36.6 Å². The van der Waals surface area contributed by atoms with Crippen molar-refractivity contribution < 1.29 is 14.0 Å². The number of oxazole rings is 1. The number of hydrogen-bond acceptors (Lipinski definition) is 5. The number of aromatic nitrogens is 1. The molecular weight excluding hydrogens is 320 g/mol. The monoisotopic (exact) mass is 338 g/mol. The van der Waals surface area contributed by atoms with Gasteiger partial charge in [-0.2, -0.15) is 0 Å². The molecule has 0 atom stereocenters. The summed E-state index contributed by atoms with van der Waals surface area (Å²) in [5.41, 5.74) is 6.61. The number of rotatable bonds is 5. The van der Waals surface area contributed by atoms with Crippen molar-refractivity contribution in [2.45, 2.75) is 26.4 Å². The van der Waals surface area contributed by atoms with Gasteiger partial charge in [0.25, 0.3) is 11.8 Å². The van der Waals surface area contributed by atoms with E-state index in [0.717, 1.165) is 0 Å². The number of nitrogens with one attached hydrogen (secondary N) is 2. The minimum Gasteiger partial charge on any atom is -0.447 e. The van der Waals surface area contributed by atoms with Crippen molar-refractivity contribution in [3.8, 4) is 0 Å². The Morgan fingerprint density at radius 2 is 1.87 bits per heavy atom. The zero-order chi connectivity index (χ0) is 16.1. The fourth-order valence-electron chi connectivity index (χ4n) is 1.75. The van der Waals surface area contributed by atoms with Crippen LogP contribution in [-0.2, 0) is 6.54 Å². The third-order valence-corrected chi connectivity index (χ3v) is 2.78. The summed E-state index contributed by atoms with van der Waals surface area (Å²) in [6.45, 7) is 3.91. The summed E-state index contributed by atoms with van der Waals surface area (Å²) in [6.07, 6.45) is 1.25. The lowest BCUT2D eigenvalue weighted by Crippen LogP contribution is -2.30. The molecule has 0 saturated heterocycles. The minimum atomic E-state index is -0.400. The van der Waals surface area contributed by atoms with Crippen molar-refractivity contribution in [3.05, 3.63) is 47.7 Å². The summed E-state index contributed by atoms with van der Waals surface area (Å²) in [6, 6.07) is 6.65. The maximum atomic E-state index is 12.0. The molecular formula is C15H19ClN4O3. The molecule has 0 fully saturated rings. The average Bonchev–Trinajstić information content (AvgIpc) is 2.96. The van der Waals surface area contributed by atoms with Crippen LogP contribution in [0.1, 0.15) is 40.6 Å². The lowest BCUT2D eigenvalue weighted by atomic mass is 10.2. The largest absolute Gasteiger partial charge is 0.447 e. The van der Waals surface area contributed by atoms with Crippen LogP contribution in [0.2, 0.25) is 0 Å². The molecule has 124 valence electrons. The molecule has 0 aliphatic heterocycles. The highest BCUT2D eigenvalue weighted by molar-refractivity contribution is 6.03. The zero-order valence-corrected chi connectivity index (χ0v) is 13.6. The molecule has 0 unspecified atom stereocenters. The smallest absolute Gasteiger partial charge is 0.277 e. The molecule has 2 rings (SSSR count). The van der Waals surface area contributed by atoms with Gasteiger partial charge in [0.1, 0.15) is 6.26 Å². The van der Waals surface area contributed by atoms with Crippen LogP contribution in [0.5, 0.6) is 0 Å². The average molecular weight is 339 g/mol. The van der Waals surface area contributed by atoms with Crippen molar-refractivity contribution in [2.24, 2.45) is 5.73 Å². The number of carbonyl (C=O) groups excluding carboxylic acids is 2. The second kappa shape index (κ2) is 8.30. The van der Waals surface area contributed by atoms with Crippen LogP contribution >= 0.6 is 12.4 Å². The molecule has 0 aliphatic carbocycles. The number of carbonyl (C=O) groups is 2. The van der Waals surface area contributed by atoms with Crippen LogP contribution < -0.4 is 16.4 Å². The number of benzene rings is 1. The first-order valence-electron chi connectivity index (χ1n) is 6.86. The van der Waals surface area contributed by atoms with Crippen LogP contribution in [0.3, 0.4) is 0 Å². The number of nitrogens with two attached hydrogens (primary N) is 1. The predicted molar refractivity (Wildman–Crippen MR) is 88.6 cm³/mol. The molecule has 7 nitrogen and oxygen atoms in total. The van der Waals surface area contributed by atoms with Gasteiger partial charge in [-0.05, 0) is 38.1 Å². The first kappa shape index (κ1) is 18.7. The maximum Gasteiger partial charge on any atom is 0.277 e. The topological polar surface area (TPSA) is 110 Å². The summed E-state index contributed by atoms with van der Waals surface area (Å²) >= 11 is 0. The van der Waals surface area contributed by atoms with E-state index in [2.05, 4.69) is 15.6 Å². The van der Waals surface area contributed by atoms with Gasteiger partial charge in [0.15, 0.2) is 5.69 Å². The number of halogens is 1. The fraction of sp³-hybridized carbons (Fsp3) is 0.267. The van der Waals surface area contributed by atoms with Crippen molar-refractivity contribution in [1.29, 1.82) is 0 Å². The third-order valence-electron chi connectivity index (χ3n) is 2.78. The quantitative estimate of drug-likeness (QED) is 0.771. The molecule has 4 N–H and O–H groups in total. The molecule has 1 aromatic heterocycles. The Morgan fingerprint density at radius 1 is 1.22 bits per heavy atom. The van der Waals surface area contributed by atoms with Gasteiger partial charge in [-0.15, -0.1) is 12.4 Å². The Morgan fingerprint density at radius 3 is 2.39 bits per heavy atom. The van der Waals surface area contributed by atoms with Gasteiger partial charge in [-0.25, -0.2) is 4.98 Å². The van der Waals surface area contributed by atoms with Gasteiger partial charge in [0.05, 0.1) is 6.54 Å². The van der Waals surface area contributed by atoms with E-state index in [1.165, 1.54) is 6.26 Å². The number of amides is 2. The summed E-state index contributed by atoms with van der Waals surface area (Å²) in [5, 5.41) is 5.46. The van der Waals surface area contributed by atoms with Crippen LogP contribution in [0.25, 0.3) is 0 Å². The standard InChI is InChI=1S/C15H18N4O3.ClH/c1-9(2)17-14(20)10-3-5-11(6-4-10)18-15(21)12-8-22-13(7-16)19-12;/h3-6,8-9H,7,16H2,1-2H3,(H,17,20)(H,18,21);1H. The highest BCUT2D eigenvalue weighted by Gasteiger charge is 2.12. The summed E-state index contributed by atoms with van der Waals surface area (Å²) in [4.78, 5) is 27.7. The Bertz CT molecular complexity index is 668. The molecule has 1 heterocycles. The lowest BCUT2D eigenvalue weighted by molar-refractivity contribution is 0.0942. The molecule has 0 radical (unpaired) electrons. The van der Waals surface area contributed by atoms with Gasteiger partial charge >= 0.3 is 0 Å². The van der Waals surface area contributed by atoms with E-state index < -0.39 is 5.91 Å². The van der Waals surface area contributed by atoms with E-state index in [1.807, 2.05) is 13.8 Å². The number of anilines is 1. The molecule has 2 aromatic rings. The summed E-state index contributed by atoms with van der Waals surface area (Å²) in [5.74, 6) is -0.259. The van der Waals surface area contributed by atoms with E-state index in [9.17, 15) is 9.59 Å². The Labute approximate surface area is 140 Å². The predicted octanol–water partition coefficient (Wildman–Crippen LogP) is 1.95. The second-order valence-electron chi connectivity index (χ2n) is 4.99. The zero-order valence-electron chi connectivity index (χ0n) is 12.8. The minimum absolute atomic E-state index is 0. The van der Waals surface area contributed by atoms with E-state index in [0.29, 0.717) is 17.1 Å². The summed E-state index contributed by atoms with van der Waals surface area (Å²) in [7, 11) is 0. The maximum absolute atomic E-state index is 12.0. The van der Waals surface area contributed by atoms with Crippen LogP contribution in [-0.4, -0.2) is 22.8 Å². The lowest BCUT2D eigenvalue weighted by Gasteiger charge is -2.09. The highest BCUT2D eigenvalue weighted by Crippen LogP contribution is 2.12. The van der Waals surface area contributed by atoms with E-state index in [1.54, 1.807) is 24.3 Å². The van der Waals surface area contributed by atoms with Gasteiger partial charge < -0.3 is 20.8 Å². The molecule has 8 heteroatoms. The van der Waals surface area contributed by atoms with Gasteiger partial charge in [0, 0.05) is 17.3 Å². The third kappa shape index (κ3) is 5.08. The molecule has 0 aliphatic rings. The van der Waals surface area contributed by atoms with Crippen molar-refractivity contribution in [2.75, 3.05) is 5.32 Å². The van der Waals surface area contributed by atoms with Gasteiger partial charge in [-0.1, -0.05) is 0 Å². The SMILES string of the molecule is CC(C)NC(=O)c1ccc(NC(=O)c2coc(CN)n2)cc1.Cl. The van der Waals surface area contributed by atoms with E-state index >= 15 is 0 Å². The molecule has 0 spiro atoms. The molecule has 1 aromatic carbocycles. The van der Waals surface area contributed by atoms with Crippen molar-refractivity contribution in [3.63, 3.8) is 0 Å².